The first-order valence-electron chi connectivity index (χ1n) is 9.65. The molecule has 1 spiro atoms. The highest BCUT2D eigenvalue weighted by Crippen LogP contribution is 2.52. The number of hydrogen-bond donors (Lipinski definition) is 1. The highest BCUT2D eigenvalue weighted by molar-refractivity contribution is 5.92. The van der Waals surface area contributed by atoms with Crippen molar-refractivity contribution in [1.29, 1.82) is 0 Å². The molecule has 6 nitrogen and oxygen atoms in total. The molecule has 1 fully saturated rings. The van der Waals surface area contributed by atoms with E-state index < -0.39 is 6.10 Å². The van der Waals surface area contributed by atoms with Crippen LogP contribution in [-0.2, 0) is 19.7 Å². The zero-order valence-corrected chi connectivity index (χ0v) is 16.3. The van der Waals surface area contributed by atoms with Crippen molar-refractivity contribution in [3.8, 4) is 0 Å². The number of hydrogen-bond acceptors (Lipinski definition) is 5. The number of nitrogens with zero attached hydrogens (tertiary/aromatic N) is 2. The van der Waals surface area contributed by atoms with Crippen molar-refractivity contribution in [2.75, 3.05) is 40.4 Å². The first-order chi connectivity index (χ1) is 13.0. The van der Waals surface area contributed by atoms with Crippen molar-refractivity contribution < 1.29 is 19.4 Å². The first-order valence-corrected chi connectivity index (χ1v) is 9.65. The Morgan fingerprint density at radius 2 is 1.85 bits per heavy atom. The van der Waals surface area contributed by atoms with Crippen LogP contribution in [0.4, 0.5) is 0 Å². The molecule has 1 aromatic carbocycles. The number of carbonyl (C=O) groups is 1. The molecule has 4 rings (SSSR count). The van der Waals surface area contributed by atoms with Gasteiger partial charge in [-0.2, -0.15) is 0 Å². The zero-order chi connectivity index (χ0) is 19.2. The van der Waals surface area contributed by atoms with Crippen molar-refractivity contribution in [3.63, 3.8) is 0 Å². The summed E-state index contributed by atoms with van der Waals surface area (Å²) in [5.74, 6) is 0.785. The van der Waals surface area contributed by atoms with Gasteiger partial charge in [0.05, 0.1) is 12.1 Å². The highest BCUT2D eigenvalue weighted by Gasteiger charge is 2.53. The maximum absolute atomic E-state index is 12.9. The number of carbonyl (C=O) groups excluding carboxylic acids is 1. The second kappa shape index (κ2) is 6.84. The van der Waals surface area contributed by atoms with Gasteiger partial charge in [0, 0.05) is 18.5 Å². The van der Waals surface area contributed by atoms with E-state index >= 15 is 0 Å². The molecule has 146 valence electrons. The summed E-state index contributed by atoms with van der Waals surface area (Å²) in [6.07, 6.45) is 1.01. The van der Waals surface area contributed by atoms with Gasteiger partial charge in [0.2, 0.25) is 5.76 Å². The van der Waals surface area contributed by atoms with Crippen LogP contribution in [0.1, 0.15) is 36.9 Å². The Kier molecular flexibility index (Phi) is 4.64. The number of benzene rings is 1. The molecule has 1 amide bonds. The van der Waals surface area contributed by atoms with E-state index in [0.717, 1.165) is 12.8 Å². The minimum Gasteiger partial charge on any atom is -0.491 e. The lowest BCUT2D eigenvalue weighted by Gasteiger charge is -2.43. The van der Waals surface area contributed by atoms with Gasteiger partial charge in [-0.1, -0.05) is 24.3 Å². The summed E-state index contributed by atoms with van der Waals surface area (Å²) in [4.78, 5) is 16.8. The van der Waals surface area contributed by atoms with Gasteiger partial charge in [-0.3, -0.25) is 4.79 Å². The van der Waals surface area contributed by atoms with Crippen molar-refractivity contribution >= 4 is 5.91 Å². The lowest BCUT2D eigenvalue weighted by Crippen LogP contribution is -2.51. The molecule has 2 atom stereocenters. The summed E-state index contributed by atoms with van der Waals surface area (Å²) < 4.78 is 11.0. The lowest BCUT2D eigenvalue weighted by atomic mass is 9.72. The minimum absolute atomic E-state index is 0.0107. The number of aliphatic hydroxyl groups is 1. The SMILES string of the molecule is CC1=C(C(=O)N2CCC3(CC2)c2ccccc2[C@@H](N(C)C)[C@@H]3O)OCCO1. The molecule has 0 unspecified atom stereocenters. The molecule has 1 saturated heterocycles. The molecule has 0 aromatic heterocycles. The average molecular weight is 372 g/mol. The third kappa shape index (κ3) is 2.82. The van der Waals surface area contributed by atoms with E-state index in [-0.39, 0.29) is 17.4 Å². The van der Waals surface area contributed by atoms with E-state index in [9.17, 15) is 9.90 Å². The van der Waals surface area contributed by atoms with Crippen LogP contribution in [0.5, 0.6) is 0 Å². The predicted octanol–water partition coefficient (Wildman–Crippen LogP) is 1.80. The van der Waals surface area contributed by atoms with Gasteiger partial charge < -0.3 is 24.4 Å². The minimum atomic E-state index is -0.475. The molecule has 1 aromatic rings. The summed E-state index contributed by atoms with van der Waals surface area (Å²) in [6.45, 7) is 3.87. The van der Waals surface area contributed by atoms with E-state index in [0.29, 0.717) is 37.8 Å². The monoisotopic (exact) mass is 372 g/mol. The molecule has 1 aliphatic carbocycles. The van der Waals surface area contributed by atoms with E-state index in [1.165, 1.54) is 11.1 Å². The third-order valence-electron chi connectivity index (χ3n) is 6.34. The maximum Gasteiger partial charge on any atom is 0.292 e. The highest BCUT2D eigenvalue weighted by atomic mass is 16.6. The number of aliphatic hydroxyl groups excluding tert-OH is 1. The van der Waals surface area contributed by atoms with Gasteiger partial charge in [0.25, 0.3) is 5.91 Å². The predicted molar refractivity (Wildman–Crippen MR) is 101 cm³/mol. The number of amides is 1. The van der Waals surface area contributed by atoms with E-state index in [1.807, 2.05) is 31.1 Å². The number of likely N-dealkylation sites (N-methyl/N-ethyl adjacent to an activating group) is 1. The molecule has 0 saturated carbocycles. The standard InChI is InChI=1S/C21H28N2O4/c1-14-18(27-13-12-26-14)20(25)23-10-8-21(9-11-23)16-7-5-4-6-15(16)17(19(21)24)22(2)3/h4-7,17,19,24H,8-13H2,1-3H3/t17-,19+/m1/s1. The van der Waals surface area contributed by atoms with E-state index in [2.05, 4.69) is 17.0 Å². The normalized spacial score (nSPS) is 26.8. The Balaban J connectivity index is 1.57. The summed E-state index contributed by atoms with van der Waals surface area (Å²) in [5.41, 5.74) is 2.14. The van der Waals surface area contributed by atoms with Gasteiger partial charge in [-0.25, -0.2) is 0 Å². The van der Waals surface area contributed by atoms with Crippen LogP contribution in [0.25, 0.3) is 0 Å². The zero-order valence-electron chi connectivity index (χ0n) is 16.3. The maximum atomic E-state index is 12.9. The topological polar surface area (TPSA) is 62.2 Å². The fourth-order valence-electron chi connectivity index (χ4n) is 4.94. The van der Waals surface area contributed by atoms with Gasteiger partial charge in [-0.05, 0) is 45.0 Å². The Morgan fingerprint density at radius 1 is 1.19 bits per heavy atom. The molecule has 6 heteroatoms. The van der Waals surface area contributed by atoms with Crippen LogP contribution in [-0.4, -0.2) is 67.3 Å². The van der Waals surface area contributed by atoms with Crippen LogP contribution in [0.3, 0.4) is 0 Å². The summed E-state index contributed by atoms with van der Waals surface area (Å²) in [6, 6.07) is 8.34. The molecule has 3 aliphatic rings. The lowest BCUT2D eigenvalue weighted by molar-refractivity contribution is -0.135. The van der Waals surface area contributed by atoms with E-state index in [1.54, 1.807) is 6.92 Å². The second-order valence-corrected chi connectivity index (χ2v) is 7.97. The number of piperidine rings is 1. The molecular weight excluding hydrogens is 344 g/mol. The number of fused-ring (bicyclic) bond motifs is 2. The van der Waals surface area contributed by atoms with Crippen LogP contribution >= 0.6 is 0 Å². The average Bonchev–Trinajstić information content (AvgIpc) is 2.91. The number of likely N-dealkylation sites (tertiary alicyclic amines) is 1. The Morgan fingerprint density at radius 3 is 2.52 bits per heavy atom. The van der Waals surface area contributed by atoms with Gasteiger partial charge in [-0.15, -0.1) is 0 Å². The molecule has 27 heavy (non-hydrogen) atoms. The Bertz CT molecular complexity index is 765. The number of rotatable bonds is 2. The van der Waals surface area contributed by atoms with Crippen molar-refractivity contribution in [3.05, 3.63) is 46.9 Å². The van der Waals surface area contributed by atoms with Crippen LogP contribution in [0, 0.1) is 0 Å². The van der Waals surface area contributed by atoms with Crippen molar-refractivity contribution in [1.82, 2.24) is 9.80 Å². The number of ether oxygens (including phenoxy) is 2. The second-order valence-electron chi connectivity index (χ2n) is 7.97. The van der Waals surface area contributed by atoms with Crippen LogP contribution in [0.15, 0.2) is 35.8 Å². The molecule has 2 heterocycles. The van der Waals surface area contributed by atoms with Gasteiger partial charge in [0.1, 0.15) is 19.0 Å². The molecule has 1 N–H and O–H groups in total. The van der Waals surface area contributed by atoms with Crippen molar-refractivity contribution in [2.24, 2.45) is 0 Å². The van der Waals surface area contributed by atoms with Crippen LogP contribution in [0.2, 0.25) is 0 Å². The van der Waals surface area contributed by atoms with Gasteiger partial charge >= 0.3 is 0 Å². The van der Waals surface area contributed by atoms with Crippen molar-refractivity contribution in [2.45, 2.75) is 37.3 Å². The largest absolute Gasteiger partial charge is 0.491 e. The van der Waals surface area contributed by atoms with Gasteiger partial charge in [0.15, 0.2) is 0 Å². The summed E-state index contributed by atoms with van der Waals surface area (Å²) in [7, 11) is 4.02. The molecule has 0 bridgehead atoms. The third-order valence-corrected chi connectivity index (χ3v) is 6.34. The number of allylic oxidation sites excluding steroid dienone is 1. The Hall–Kier alpha value is -2.05. The van der Waals surface area contributed by atoms with Crippen LogP contribution < -0.4 is 0 Å². The fourth-order valence-corrected chi connectivity index (χ4v) is 4.94. The quantitative estimate of drug-likeness (QED) is 0.858. The molecule has 0 radical (unpaired) electrons. The fraction of sp³-hybridized carbons (Fsp3) is 0.571. The molecular formula is C21H28N2O4. The van der Waals surface area contributed by atoms with E-state index in [4.69, 9.17) is 9.47 Å². The molecule has 2 aliphatic heterocycles. The summed E-state index contributed by atoms with van der Waals surface area (Å²) >= 11 is 0. The first kappa shape index (κ1) is 18.3. The smallest absolute Gasteiger partial charge is 0.292 e. The Labute approximate surface area is 160 Å². The summed E-state index contributed by atoms with van der Waals surface area (Å²) in [5, 5.41) is 11.3.